The van der Waals surface area contributed by atoms with Crippen LogP contribution in [0.5, 0.6) is 0 Å². The van der Waals surface area contributed by atoms with Gasteiger partial charge >= 0.3 is 0 Å². The molecule has 2 aliphatic rings. The first-order valence-corrected chi connectivity index (χ1v) is 5.42. The van der Waals surface area contributed by atoms with E-state index in [1.54, 1.807) is 13.0 Å². The SMILES string of the molecule is CC1=C(N)C(=O)c2cc3n(c2=C1O)C[C@H](N)C=3. The van der Waals surface area contributed by atoms with Gasteiger partial charge in [0.1, 0.15) is 5.76 Å². The predicted octanol–water partition coefficient (Wildman–Crippen LogP) is -1.30. The lowest BCUT2D eigenvalue weighted by atomic mass is 9.99. The Morgan fingerprint density at radius 3 is 2.94 bits per heavy atom. The maximum Gasteiger partial charge on any atom is 0.211 e. The first kappa shape index (κ1) is 10.2. The Bertz CT molecular complexity index is 694. The number of rotatable bonds is 0. The summed E-state index contributed by atoms with van der Waals surface area (Å²) in [5, 5.41) is 11.5. The molecule has 1 aliphatic carbocycles. The summed E-state index contributed by atoms with van der Waals surface area (Å²) in [6.45, 7) is 2.22. The third-order valence-corrected chi connectivity index (χ3v) is 3.38. The average Bonchev–Trinajstić information content (AvgIpc) is 2.79. The maximum atomic E-state index is 12.0. The van der Waals surface area contributed by atoms with Crippen LogP contribution in [0.2, 0.25) is 0 Å². The molecule has 1 aromatic heterocycles. The topological polar surface area (TPSA) is 94.3 Å². The zero-order valence-electron chi connectivity index (χ0n) is 9.40. The lowest BCUT2D eigenvalue weighted by molar-refractivity contribution is 0.102. The van der Waals surface area contributed by atoms with Crippen LogP contribution in [0.3, 0.4) is 0 Å². The fraction of sp³-hybridized carbons (Fsp3) is 0.250. The number of aliphatic hydroxyl groups is 1. The molecule has 0 spiro atoms. The van der Waals surface area contributed by atoms with Gasteiger partial charge in [-0.15, -0.1) is 0 Å². The van der Waals surface area contributed by atoms with Crippen LogP contribution in [0.4, 0.5) is 0 Å². The molecule has 1 atom stereocenters. The molecule has 0 aromatic carbocycles. The first-order chi connectivity index (χ1) is 8.00. The van der Waals surface area contributed by atoms with Crippen LogP contribution in [0, 0.1) is 0 Å². The minimum absolute atomic E-state index is 0.0678. The second-order valence-corrected chi connectivity index (χ2v) is 4.49. The molecule has 5 nitrogen and oxygen atoms in total. The van der Waals surface area contributed by atoms with Crippen LogP contribution in [0.1, 0.15) is 17.3 Å². The van der Waals surface area contributed by atoms with E-state index in [1.807, 2.05) is 10.6 Å². The number of ketones is 1. The summed E-state index contributed by atoms with van der Waals surface area (Å²) in [6, 6.07) is 1.67. The second-order valence-electron chi connectivity index (χ2n) is 4.49. The quantitative estimate of drug-likeness (QED) is 0.517. The van der Waals surface area contributed by atoms with E-state index in [0.717, 1.165) is 5.35 Å². The summed E-state index contributed by atoms with van der Waals surface area (Å²) >= 11 is 0. The van der Waals surface area contributed by atoms with Crippen molar-refractivity contribution < 1.29 is 9.90 Å². The lowest BCUT2D eigenvalue weighted by Crippen LogP contribution is -2.35. The fourth-order valence-electron chi connectivity index (χ4n) is 2.44. The summed E-state index contributed by atoms with van der Waals surface area (Å²) < 4.78 is 1.86. The normalized spacial score (nSPS) is 22.6. The van der Waals surface area contributed by atoms with Crippen molar-refractivity contribution >= 4 is 17.6 Å². The van der Waals surface area contributed by atoms with E-state index in [-0.39, 0.29) is 23.3 Å². The summed E-state index contributed by atoms with van der Waals surface area (Å²) in [5.41, 5.74) is 12.5. The molecule has 17 heavy (non-hydrogen) atoms. The molecule has 0 saturated heterocycles. The van der Waals surface area contributed by atoms with E-state index >= 15 is 0 Å². The molecule has 0 amide bonds. The standard InChI is InChI=1S/C12H13N3O2/c1-5-9(14)12(17)8-3-7-2-6(13)4-15(7)10(8)11(5)16/h2-3,6,16H,4,13-14H2,1H3/t6-/m1/s1. The van der Waals surface area contributed by atoms with Gasteiger partial charge < -0.3 is 21.1 Å². The highest BCUT2D eigenvalue weighted by atomic mass is 16.3. The summed E-state index contributed by atoms with van der Waals surface area (Å²) in [6.07, 6.45) is 1.88. The highest BCUT2D eigenvalue weighted by molar-refractivity contribution is 6.11. The Morgan fingerprint density at radius 2 is 2.24 bits per heavy atom. The van der Waals surface area contributed by atoms with E-state index in [0.29, 0.717) is 23.0 Å². The van der Waals surface area contributed by atoms with Gasteiger partial charge in [-0.25, -0.2) is 0 Å². The van der Waals surface area contributed by atoms with E-state index in [9.17, 15) is 9.90 Å². The van der Waals surface area contributed by atoms with Gasteiger partial charge in [0.2, 0.25) is 5.78 Å². The molecule has 1 aliphatic heterocycles. The summed E-state index contributed by atoms with van der Waals surface area (Å²) in [4.78, 5) is 12.0. The Balaban J connectivity index is 2.44. The van der Waals surface area contributed by atoms with Crippen molar-refractivity contribution in [1.82, 2.24) is 4.57 Å². The highest BCUT2D eigenvalue weighted by Crippen LogP contribution is 2.17. The molecule has 2 heterocycles. The Morgan fingerprint density at radius 1 is 1.53 bits per heavy atom. The fourth-order valence-corrected chi connectivity index (χ4v) is 2.44. The number of hydrogen-bond donors (Lipinski definition) is 3. The minimum Gasteiger partial charge on any atom is -0.505 e. The third kappa shape index (κ3) is 1.14. The van der Waals surface area contributed by atoms with Gasteiger partial charge in [-0.05, 0) is 19.1 Å². The smallest absolute Gasteiger partial charge is 0.211 e. The van der Waals surface area contributed by atoms with E-state index in [2.05, 4.69) is 0 Å². The van der Waals surface area contributed by atoms with Gasteiger partial charge in [-0.3, -0.25) is 4.79 Å². The molecule has 3 rings (SSSR count). The molecule has 0 saturated carbocycles. The molecule has 0 unspecified atom stereocenters. The average molecular weight is 231 g/mol. The molecule has 0 radical (unpaired) electrons. The number of fused-ring (bicyclic) bond motifs is 3. The molecule has 0 fully saturated rings. The Hall–Kier alpha value is -2.01. The predicted molar refractivity (Wildman–Crippen MR) is 63.4 cm³/mol. The monoisotopic (exact) mass is 231 g/mol. The van der Waals surface area contributed by atoms with Crippen LogP contribution in [0.25, 0.3) is 11.8 Å². The van der Waals surface area contributed by atoms with Crippen molar-refractivity contribution in [2.24, 2.45) is 11.5 Å². The number of Topliss-reactive ketones (excluding diaryl/α,β-unsaturated/α-hetero) is 1. The Labute approximate surface area is 97.3 Å². The molecule has 0 bridgehead atoms. The largest absolute Gasteiger partial charge is 0.505 e. The molecule has 5 heteroatoms. The second kappa shape index (κ2) is 3.01. The van der Waals surface area contributed by atoms with Crippen molar-refractivity contribution in [3.8, 4) is 0 Å². The molecule has 5 N–H and O–H groups in total. The number of carbonyl (C=O) groups excluding carboxylic acids is 1. The lowest BCUT2D eigenvalue weighted by Gasteiger charge is -2.13. The van der Waals surface area contributed by atoms with E-state index in [4.69, 9.17) is 11.5 Å². The third-order valence-electron chi connectivity index (χ3n) is 3.38. The molecular formula is C12H13N3O2. The number of allylic oxidation sites excluding steroid dienone is 1. The summed E-state index contributed by atoms with van der Waals surface area (Å²) in [5.74, 6) is -0.148. The van der Waals surface area contributed by atoms with Gasteiger partial charge in [0.25, 0.3) is 0 Å². The molecule has 1 aromatic rings. The molecular weight excluding hydrogens is 218 g/mol. The minimum atomic E-state index is -0.223. The summed E-state index contributed by atoms with van der Waals surface area (Å²) in [7, 11) is 0. The van der Waals surface area contributed by atoms with E-state index in [1.165, 1.54) is 0 Å². The number of aromatic nitrogens is 1. The van der Waals surface area contributed by atoms with Crippen LogP contribution in [0.15, 0.2) is 17.3 Å². The number of aliphatic hydroxyl groups excluding tert-OH is 1. The van der Waals surface area contributed by atoms with Crippen LogP contribution < -0.4 is 22.2 Å². The van der Waals surface area contributed by atoms with E-state index < -0.39 is 0 Å². The van der Waals surface area contributed by atoms with Crippen LogP contribution in [-0.4, -0.2) is 21.5 Å². The van der Waals surface area contributed by atoms with Crippen LogP contribution in [-0.2, 0) is 6.54 Å². The number of nitrogens with zero attached hydrogens (tertiary/aromatic N) is 1. The Kier molecular flexibility index (Phi) is 1.80. The van der Waals surface area contributed by atoms with Crippen molar-refractivity contribution in [2.45, 2.75) is 19.5 Å². The van der Waals surface area contributed by atoms with Gasteiger partial charge in [0.05, 0.1) is 16.6 Å². The first-order valence-electron chi connectivity index (χ1n) is 5.42. The number of carbonyl (C=O) groups is 1. The van der Waals surface area contributed by atoms with Gasteiger partial charge in [0.15, 0.2) is 0 Å². The van der Waals surface area contributed by atoms with Crippen LogP contribution >= 0.6 is 0 Å². The maximum absolute atomic E-state index is 12.0. The van der Waals surface area contributed by atoms with Gasteiger partial charge in [0, 0.05) is 23.5 Å². The van der Waals surface area contributed by atoms with Gasteiger partial charge in [-0.2, -0.15) is 0 Å². The van der Waals surface area contributed by atoms with Gasteiger partial charge in [-0.1, -0.05) is 0 Å². The van der Waals surface area contributed by atoms with Crippen molar-refractivity contribution in [1.29, 1.82) is 0 Å². The zero-order chi connectivity index (χ0) is 12.3. The molecule has 88 valence electrons. The van der Waals surface area contributed by atoms with Crippen molar-refractivity contribution in [3.05, 3.63) is 33.6 Å². The number of nitrogens with two attached hydrogens (primary N) is 2. The number of hydrogen-bond acceptors (Lipinski definition) is 4. The van der Waals surface area contributed by atoms with Crippen molar-refractivity contribution in [3.63, 3.8) is 0 Å². The van der Waals surface area contributed by atoms with Crippen molar-refractivity contribution in [2.75, 3.05) is 0 Å². The highest BCUT2D eigenvalue weighted by Gasteiger charge is 2.27. The zero-order valence-corrected chi connectivity index (χ0v) is 9.40.